The van der Waals surface area contributed by atoms with E-state index >= 15 is 0 Å². The average Bonchev–Trinajstić information content (AvgIpc) is 2.52. The zero-order valence-electron chi connectivity index (χ0n) is 13.6. The van der Waals surface area contributed by atoms with E-state index in [1.54, 1.807) is 0 Å². The Balaban J connectivity index is 1.72. The van der Waals surface area contributed by atoms with Crippen LogP contribution in [0.1, 0.15) is 26.7 Å². The van der Waals surface area contributed by atoms with Crippen molar-refractivity contribution in [1.29, 1.82) is 0 Å². The van der Waals surface area contributed by atoms with Gasteiger partial charge in [0.25, 0.3) is 0 Å². The predicted molar refractivity (Wildman–Crippen MR) is 92.0 cm³/mol. The first kappa shape index (κ1) is 16.9. The molecule has 1 amide bonds. The van der Waals surface area contributed by atoms with E-state index in [1.807, 2.05) is 68.4 Å². The first-order chi connectivity index (χ1) is 11.1. The molecular weight excluding hydrogens is 290 g/mol. The molecule has 1 N–H and O–H groups in total. The molecule has 0 unspecified atom stereocenters. The summed E-state index contributed by atoms with van der Waals surface area (Å²) >= 11 is 0. The summed E-state index contributed by atoms with van der Waals surface area (Å²) in [6, 6.07) is 17.0. The van der Waals surface area contributed by atoms with Gasteiger partial charge in [0.05, 0.1) is 12.7 Å². The van der Waals surface area contributed by atoms with Crippen LogP contribution in [-0.2, 0) is 4.79 Å². The number of rotatable bonds is 8. The van der Waals surface area contributed by atoms with Crippen molar-refractivity contribution < 1.29 is 14.3 Å². The van der Waals surface area contributed by atoms with Gasteiger partial charge in [-0.3, -0.25) is 4.79 Å². The Labute approximate surface area is 137 Å². The predicted octanol–water partition coefficient (Wildman–Crippen LogP) is 4.27. The Bertz CT molecular complexity index is 611. The van der Waals surface area contributed by atoms with Crippen molar-refractivity contribution in [2.24, 2.45) is 0 Å². The number of carbonyl (C=O) groups is 1. The van der Waals surface area contributed by atoms with Crippen LogP contribution in [0.2, 0.25) is 0 Å². The Morgan fingerprint density at radius 1 is 1.04 bits per heavy atom. The third kappa shape index (κ3) is 6.43. The van der Waals surface area contributed by atoms with Crippen molar-refractivity contribution in [2.45, 2.75) is 32.8 Å². The molecule has 0 atom stereocenters. The van der Waals surface area contributed by atoms with Crippen molar-refractivity contribution >= 4 is 11.6 Å². The van der Waals surface area contributed by atoms with Crippen LogP contribution < -0.4 is 14.8 Å². The standard InChI is InChI=1S/C19H23NO3/c1-15(2)23-18-11-6-8-16(14-18)20-19(21)12-7-13-22-17-9-4-3-5-10-17/h3-6,8-11,14-15H,7,12-13H2,1-2H3,(H,20,21). The highest BCUT2D eigenvalue weighted by molar-refractivity contribution is 5.90. The van der Waals surface area contributed by atoms with Gasteiger partial charge < -0.3 is 14.8 Å². The van der Waals surface area contributed by atoms with Crippen LogP contribution in [0.4, 0.5) is 5.69 Å². The number of carbonyl (C=O) groups excluding carboxylic acids is 1. The van der Waals surface area contributed by atoms with Gasteiger partial charge in [0.15, 0.2) is 0 Å². The summed E-state index contributed by atoms with van der Waals surface area (Å²) in [5, 5.41) is 2.88. The quantitative estimate of drug-likeness (QED) is 0.740. The molecule has 23 heavy (non-hydrogen) atoms. The number of benzene rings is 2. The number of hydrogen-bond donors (Lipinski definition) is 1. The average molecular weight is 313 g/mol. The summed E-state index contributed by atoms with van der Waals surface area (Å²) < 4.78 is 11.2. The molecular formula is C19H23NO3. The van der Waals surface area contributed by atoms with Crippen molar-refractivity contribution in [3.8, 4) is 11.5 Å². The minimum atomic E-state index is -0.0247. The molecule has 0 saturated heterocycles. The third-order valence-electron chi connectivity index (χ3n) is 3.05. The molecule has 0 fully saturated rings. The van der Waals surface area contributed by atoms with E-state index in [0.717, 1.165) is 17.2 Å². The molecule has 0 bridgehead atoms. The summed E-state index contributed by atoms with van der Waals surface area (Å²) in [4.78, 5) is 11.9. The molecule has 0 aliphatic rings. The number of amides is 1. The normalized spacial score (nSPS) is 10.4. The second kappa shape index (κ2) is 8.83. The highest BCUT2D eigenvalue weighted by atomic mass is 16.5. The van der Waals surface area contributed by atoms with Crippen molar-refractivity contribution in [3.05, 3.63) is 54.6 Å². The Morgan fingerprint density at radius 2 is 1.78 bits per heavy atom. The first-order valence-corrected chi connectivity index (χ1v) is 7.88. The first-order valence-electron chi connectivity index (χ1n) is 7.88. The van der Waals surface area contributed by atoms with Gasteiger partial charge in [-0.2, -0.15) is 0 Å². The molecule has 0 radical (unpaired) electrons. The summed E-state index contributed by atoms with van der Waals surface area (Å²) in [5.41, 5.74) is 0.747. The summed E-state index contributed by atoms with van der Waals surface area (Å²) in [5.74, 6) is 1.56. The highest BCUT2D eigenvalue weighted by Gasteiger charge is 2.04. The minimum Gasteiger partial charge on any atom is -0.494 e. The maximum atomic E-state index is 11.9. The van der Waals surface area contributed by atoms with Crippen LogP contribution in [0, 0.1) is 0 Å². The fraction of sp³-hybridized carbons (Fsp3) is 0.316. The smallest absolute Gasteiger partial charge is 0.224 e. The van der Waals surface area contributed by atoms with E-state index in [-0.39, 0.29) is 12.0 Å². The SMILES string of the molecule is CC(C)Oc1cccc(NC(=O)CCCOc2ccccc2)c1. The van der Waals surface area contributed by atoms with E-state index in [4.69, 9.17) is 9.47 Å². The van der Waals surface area contributed by atoms with E-state index in [2.05, 4.69) is 5.32 Å². The topological polar surface area (TPSA) is 47.6 Å². The molecule has 122 valence electrons. The molecule has 0 aliphatic heterocycles. The number of para-hydroxylation sites is 1. The van der Waals surface area contributed by atoms with Crippen LogP contribution in [0.5, 0.6) is 11.5 Å². The molecule has 0 aliphatic carbocycles. The van der Waals surface area contributed by atoms with Gasteiger partial charge in [-0.1, -0.05) is 24.3 Å². The summed E-state index contributed by atoms with van der Waals surface area (Å²) in [6.45, 7) is 4.46. The lowest BCUT2D eigenvalue weighted by atomic mass is 10.2. The molecule has 0 saturated carbocycles. The lowest BCUT2D eigenvalue weighted by molar-refractivity contribution is -0.116. The minimum absolute atomic E-state index is 0.0247. The Morgan fingerprint density at radius 3 is 2.52 bits per heavy atom. The molecule has 2 aromatic rings. The monoisotopic (exact) mass is 313 g/mol. The van der Waals surface area contributed by atoms with Crippen LogP contribution in [0.15, 0.2) is 54.6 Å². The second-order valence-electron chi connectivity index (χ2n) is 5.51. The zero-order valence-corrected chi connectivity index (χ0v) is 13.6. The van der Waals surface area contributed by atoms with Crippen LogP contribution >= 0.6 is 0 Å². The Hall–Kier alpha value is -2.49. The largest absolute Gasteiger partial charge is 0.494 e. The molecule has 0 spiro atoms. The van der Waals surface area contributed by atoms with E-state index in [0.29, 0.717) is 19.4 Å². The molecule has 4 heteroatoms. The van der Waals surface area contributed by atoms with Crippen molar-refractivity contribution in [1.82, 2.24) is 0 Å². The van der Waals surface area contributed by atoms with Gasteiger partial charge in [-0.25, -0.2) is 0 Å². The van der Waals surface area contributed by atoms with Crippen molar-refractivity contribution in [3.63, 3.8) is 0 Å². The van der Waals surface area contributed by atoms with Crippen LogP contribution in [-0.4, -0.2) is 18.6 Å². The highest BCUT2D eigenvalue weighted by Crippen LogP contribution is 2.18. The molecule has 2 rings (SSSR count). The molecule has 2 aromatic carbocycles. The van der Waals surface area contributed by atoms with Gasteiger partial charge in [-0.15, -0.1) is 0 Å². The maximum Gasteiger partial charge on any atom is 0.224 e. The van der Waals surface area contributed by atoms with Gasteiger partial charge in [0.2, 0.25) is 5.91 Å². The lowest BCUT2D eigenvalue weighted by Crippen LogP contribution is -2.13. The number of ether oxygens (including phenoxy) is 2. The molecule has 4 nitrogen and oxygen atoms in total. The summed E-state index contributed by atoms with van der Waals surface area (Å²) in [7, 11) is 0. The van der Waals surface area contributed by atoms with Crippen molar-refractivity contribution in [2.75, 3.05) is 11.9 Å². The zero-order chi connectivity index (χ0) is 16.5. The fourth-order valence-corrected chi connectivity index (χ4v) is 2.08. The van der Waals surface area contributed by atoms with Gasteiger partial charge in [0, 0.05) is 18.2 Å². The van der Waals surface area contributed by atoms with Gasteiger partial charge in [0.1, 0.15) is 11.5 Å². The number of anilines is 1. The van der Waals surface area contributed by atoms with Gasteiger partial charge in [-0.05, 0) is 44.5 Å². The second-order valence-corrected chi connectivity index (χ2v) is 5.51. The lowest BCUT2D eigenvalue weighted by Gasteiger charge is -2.11. The third-order valence-corrected chi connectivity index (χ3v) is 3.05. The van der Waals surface area contributed by atoms with Gasteiger partial charge >= 0.3 is 0 Å². The molecule has 0 aromatic heterocycles. The van der Waals surface area contributed by atoms with E-state index < -0.39 is 0 Å². The number of hydrogen-bond acceptors (Lipinski definition) is 3. The maximum absolute atomic E-state index is 11.9. The Kier molecular flexibility index (Phi) is 6.48. The molecule has 0 heterocycles. The number of nitrogens with one attached hydrogen (secondary N) is 1. The summed E-state index contributed by atoms with van der Waals surface area (Å²) in [6.07, 6.45) is 1.20. The van der Waals surface area contributed by atoms with Crippen LogP contribution in [0.3, 0.4) is 0 Å². The fourth-order valence-electron chi connectivity index (χ4n) is 2.08. The van der Waals surface area contributed by atoms with Crippen LogP contribution in [0.25, 0.3) is 0 Å². The van der Waals surface area contributed by atoms with E-state index in [1.165, 1.54) is 0 Å². The van der Waals surface area contributed by atoms with E-state index in [9.17, 15) is 4.79 Å².